The molecule has 80 valence electrons. The van der Waals surface area contributed by atoms with Crippen molar-refractivity contribution in [3.63, 3.8) is 0 Å². The molecule has 0 unspecified atom stereocenters. The normalized spacial score (nSPS) is 9.80. The average Bonchev–Trinajstić information content (AvgIpc) is 1.99. The molecular formula is C9H11N3O3. The van der Waals surface area contributed by atoms with Gasteiger partial charge in [-0.1, -0.05) is 0 Å². The molecule has 1 aromatic rings. The maximum Gasteiger partial charge on any atom is 0.314 e. The highest BCUT2D eigenvalue weighted by Crippen LogP contribution is 2.26. The molecule has 1 N–H and O–H groups in total. The molecule has 0 radical (unpaired) electrons. The van der Waals surface area contributed by atoms with Crippen LogP contribution in [0, 0.1) is 24.0 Å². The summed E-state index contributed by atoms with van der Waals surface area (Å²) in [6.07, 6.45) is 0. The molecule has 1 heterocycles. The van der Waals surface area contributed by atoms with E-state index in [1.807, 2.05) is 0 Å². The van der Waals surface area contributed by atoms with E-state index >= 15 is 0 Å². The van der Waals surface area contributed by atoms with Crippen LogP contribution in [0.25, 0.3) is 0 Å². The van der Waals surface area contributed by atoms with Gasteiger partial charge in [0.25, 0.3) is 0 Å². The van der Waals surface area contributed by atoms with E-state index < -0.39 is 4.92 Å². The van der Waals surface area contributed by atoms with Gasteiger partial charge in [0.05, 0.1) is 4.92 Å². The minimum absolute atomic E-state index is 0.00463. The van der Waals surface area contributed by atoms with Gasteiger partial charge in [0.15, 0.2) is 0 Å². The van der Waals surface area contributed by atoms with Gasteiger partial charge in [-0.25, -0.2) is 4.98 Å². The second-order valence-corrected chi connectivity index (χ2v) is 3.22. The minimum atomic E-state index is -0.549. The largest absolute Gasteiger partial charge is 0.314 e. The Labute approximate surface area is 86.5 Å². The number of amides is 1. The number of nitrogens with one attached hydrogen (secondary N) is 1. The lowest BCUT2D eigenvalue weighted by Crippen LogP contribution is -2.11. The summed E-state index contributed by atoms with van der Waals surface area (Å²) in [5, 5.41) is 13.1. The monoisotopic (exact) mass is 209 g/mol. The molecule has 1 rings (SSSR count). The number of hydrogen-bond acceptors (Lipinski definition) is 4. The quantitative estimate of drug-likeness (QED) is 0.591. The summed E-state index contributed by atoms with van der Waals surface area (Å²) >= 11 is 0. The molecule has 6 heteroatoms. The van der Waals surface area contributed by atoms with Crippen molar-refractivity contribution in [3.8, 4) is 0 Å². The predicted octanol–water partition coefficient (Wildman–Crippen LogP) is 1.57. The Bertz CT molecular complexity index is 429. The van der Waals surface area contributed by atoms with Crippen molar-refractivity contribution in [1.29, 1.82) is 0 Å². The van der Waals surface area contributed by atoms with Gasteiger partial charge in [0.2, 0.25) is 11.7 Å². The second-order valence-electron chi connectivity index (χ2n) is 3.22. The second kappa shape index (κ2) is 4.04. The summed E-state index contributed by atoms with van der Waals surface area (Å²) in [4.78, 5) is 25.0. The Hall–Kier alpha value is -1.98. The standard InChI is InChI=1S/C9H11N3O3/c1-5-4-6(2)10-9(11-7(3)13)8(5)12(14)15/h4H,1-3H3,(H,10,11,13). The molecule has 0 saturated carbocycles. The fourth-order valence-electron chi connectivity index (χ4n) is 1.31. The van der Waals surface area contributed by atoms with Crippen molar-refractivity contribution in [2.24, 2.45) is 0 Å². The first-order valence-corrected chi connectivity index (χ1v) is 4.32. The van der Waals surface area contributed by atoms with Crippen LogP contribution in [0.15, 0.2) is 6.07 Å². The molecule has 0 saturated heterocycles. The predicted molar refractivity (Wildman–Crippen MR) is 54.7 cm³/mol. The Morgan fingerprint density at radius 2 is 2.13 bits per heavy atom. The number of carbonyl (C=O) groups excluding carboxylic acids is 1. The highest BCUT2D eigenvalue weighted by Gasteiger charge is 2.20. The smallest absolute Gasteiger partial charge is 0.305 e. The van der Waals surface area contributed by atoms with E-state index in [1.54, 1.807) is 19.9 Å². The molecule has 0 aliphatic heterocycles. The molecule has 1 amide bonds. The number of carbonyl (C=O) groups is 1. The summed E-state index contributed by atoms with van der Waals surface area (Å²) in [6.45, 7) is 4.60. The van der Waals surface area contributed by atoms with E-state index in [0.717, 1.165) is 0 Å². The van der Waals surface area contributed by atoms with Crippen LogP contribution in [0.5, 0.6) is 0 Å². The highest BCUT2D eigenvalue weighted by molar-refractivity contribution is 5.90. The van der Waals surface area contributed by atoms with Gasteiger partial charge in [-0.2, -0.15) is 0 Å². The van der Waals surface area contributed by atoms with E-state index in [-0.39, 0.29) is 17.4 Å². The number of hydrogen-bond donors (Lipinski definition) is 1. The third-order valence-electron chi connectivity index (χ3n) is 1.79. The molecule has 0 spiro atoms. The van der Waals surface area contributed by atoms with Gasteiger partial charge in [0, 0.05) is 18.2 Å². The van der Waals surface area contributed by atoms with Crippen LogP contribution in [-0.4, -0.2) is 15.8 Å². The Kier molecular flexibility index (Phi) is 2.99. The van der Waals surface area contributed by atoms with Gasteiger partial charge in [0.1, 0.15) is 0 Å². The van der Waals surface area contributed by atoms with Crippen LogP contribution < -0.4 is 5.32 Å². The zero-order valence-electron chi connectivity index (χ0n) is 8.70. The number of aryl methyl sites for hydroxylation is 2. The van der Waals surface area contributed by atoms with Crippen LogP contribution in [0.1, 0.15) is 18.2 Å². The first kappa shape index (κ1) is 11.1. The van der Waals surface area contributed by atoms with Crippen molar-refractivity contribution in [2.45, 2.75) is 20.8 Å². The van der Waals surface area contributed by atoms with Gasteiger partial charge < -0.3 is 5.32 Å². The molecule has 0 atom stereocenters. The molecule has 1 aromatic heterocycles. The number of nitrogens with zero attached hydrogens (tertiary/aromatic N) is 2. The summed E-state index contributed by atoms with van der Waals surface area (Å²) in [7, 11) is 0. The molecule has 15 heavy (non-hydrogen) atoms. The van der Waals surface area contributed by atoms with Crippen molar-refractivity contribution < 1.29 is 9.72 Å². The fourth-order valence-corrected chi connectivity index (χ4v) is 1.31. The Morgan fingerprint density at radius 1 is 1.53 bits per heavy atom. The van der Waals surface area contributed by atoms with Crippen LogP contribution in [0.2, 0.25) is 0 Å². The number of rotatable bonds is 2. The van der Waals surface area contributed by atoms with Crippen LogP contribution >= 0.6 is 0 Å². The maximum atomic E-state index is 10.8. The van der Waals surface area contributed by atoms with Crippen LogP contribution in [0.3, 0.4) is 0 Å². The lowest BCUT2D eigenvalue weighted by molar-refractivity contribution is -0.384. The first-order valence-electron chi connectivity index (χ1n) is 4.32. The van der Waals surface area contributed by atoms with Gasteiger partial charge >= 0.3 is 5.69 Å². The van der Waals surface area contributed by atoms with Crippen LogP contribution in [-0.2, 0) is 4.79 Å². The summed E-state index contributed by atoms with van der Waals surface area (Å²) in [5.41, 5.74) is 0.953. The number of aromatic nitrogens is 1. The minimum Gasteiger partial charge on any atom is -0.305 e. The molecule has 0 fully saturated rings. The van der Waals surface area contributed by atoms with E-state index in [0.29, 0.717) is 11.3 Å². The molecule has 0 aliphatic rings. The first-order chi connectivity index (χ1) is 6.91. The van der Waals surface area contributed by atoms with Crippen molar-refractivity contribution in [1.82, 2.24) is 4.98 Å². The van der Waals surface area contributed by atoms with Crippen molar-refractivity contribution in [2.75, 3.05) is 5.32 Å². The third-order valence-corrected chi connectivity index (χ3v) is 1.79. The van der Waals surface area contributed by atoms with Gasteiger partial charge in [-0.3, -0.25) is 14.9 Å². The number of anilines is 1. The lowest BCUT2D eigenvalue weighted by Gasteiger charge is -2.05. The molecule has 6 nitrogen and oxygen atoms in total. The summed E-state index contributed by atoms with van der Waals surface area (Å²) < 4.78 is 0. The average molecular weight is 209 g/mol. The van der Waals surface area contributed by atoms with Gasteiger partial charge in [-0.15, -0.1) is 0 Å². The Balaban J connectivity index is 3.33. The molecule has 0 bridgehead atoms. The SMILES string of the molecule is CC(=O)Nc1nc(C)cc(C)c1[N+](=O)[O-]. The topological polar surface area (TPSA) is 85.1 Å². The van der Waals surface area contributed by atoms with Crippen molar-refractivity contribution in [3.05, 3.63) is 27.4 Å². The van der Waals surface area contributed by atoms with E-state index in [2.05, 4.69) is 10.3 Å². The Morgan fingerprint density at radius 3 is 2.60 bits per heavy atom. The van der Waals surface area contributed by atoms with E-state index in [9.17, 15) is 14.9 Å². The highest BCUT2D eigenvalue weighted by atomic mass is 16.6. The maximum absolute atomic E-state index is 10.8. The third kappa shape index (κ3) is 2.49. The van der Waals surface area contributed by atoms with Gasteiger partial charge in [-0.05, 0) is 19.9 Å². The van der Waals surface area contributed by atoms with E-state index in [1.165, 1.54) is 6.92 Å². The molecule has 0 aromatic carbocycles. The number of nitro groups is 1. The van der Waals surface area contributed by atoms with Crippen LogP contribution in [0.4, 0.5) is 11.5 Å². The summed E-state index contributed by atoms with van der Waals surface area (Å²) in [6, 6.07) is 1.60. The number of pyridine rings is 1. The zero-order valence-corrected chi connectivity index (χ0v) is 8.70. The van der Waals surface area contributed by atoms with E-state index in [4.69, 9.17) is 0 Å². The zero-order chi connectivity index (χ0) is 11.6. The lowest BCUT2D eigenvalue weighted by atomic mass is 10.2. The summed E-state index contributed by atoms with van der Waals surface area (Å²) in [5.74, 6) is -0.374. The molecular weight excluding hydrogens is 198 g/mol. The fraction of sp³-hybridized carbons (Fsp3) is 0.333. The molecule has 0 aliphatic carbocycles. The van der Waals surface area contributed by atoms with Crippen molar-refractivity contribution >= 4 is 17.4 Å².